The van der Waals surface area contributed by atoms with Crippen molar-refractivity contribution in [2.45, 2.75) is 0 Å². The number of carbonyl (C=O) groups excluding carboxylic acids is 1. The van der Waals surface area contributed by atoms with Crippen molar-refractivity contribution in [2.75, 3.05) is 33.8 Å². The van der Waals surface area contributed by atoms with Crippen LogP contribution in [0.1, 0.15) is 21.5 Å². The number of carbonyl (C=O) groups is 1. The summed E-state index contributed by atoms with van der Waals surface area (Å²) in [5, 5.41) is 14.2. The highest BCUT2D eigenvalue weighted by molar-refractivity contribution is 6.05. The van der Waals surface area contributed by atoms with E-state index < -0.39 is 4.92 Å². The molecular weight excluding hydrogens is 464 g/mol. The van der Waals surface area contributed by atoms with Gasteiger partial charge in [-0.1, -0.05) is 24.3 Å². The Bertz CT molecular complexity index is 1290. The Labute approximate surface area is 208 Å². The van der Waals surface area contributed by atoms with Crippen molar-refractivity contribution in [1.82, 2.24) is 0 Å². The molecule has 0 spiro atoms. The Morgan fingerprint density at radius 1 is 0.833 bits per heavy atom. The molecule has 0 aliphatic carbocycles. The first kappa shape index (κ1) is 25.8. The maximum atomic E-state index is 12.5. The second kappa shape index (κ2) is 12.1. The SMILES string of the molecule is COc1ccc(C(=O)/C=C\Nc2cccc(/C=C/c3cc(OC)c(OC)c(OC)c3)c2)cc1[N+](=O)[O-]. The highest BCUT2D eigenvalue weighted by Crippen LogP contribution is 2.38. The fourth-order valence-corrected chi connectivity index (χ4v) is 3.42. The number of benzene rings is 3. The predicted molar refractivity (Wildman–Crippen MR) is 138 cm³/mol. The van der Waals surface area contributed by atoms with Crippen LogP contribution >= 0.6 is 0 Å². The van der Waals surface area contributed by atoms with Crippen LogP contribution in [0.25, 0.3) is 12.2 Å². The second-order valence-corrected chi connectivity index (χ2v) is 7.40. The summed E-state index contributed by atoms with van der Waals surface area (Å²) in [4.78, 5) is 23.1. The van der Waals surface area contributed by atoms with Gasteiger partial charge in [-0.15, -0.1) is 0 Å². The number of nitrogens with zero attached hydrogens (tertiary/aromatic N) is 1. The molecule has 0 aromatic heterocycles. The first-order chi connectivity index (χ1) is 17.4. The molecule has 186 valence electrons. The molecule has 0 unspecified atom stereocenters. The maximum Gasteiger partial charge on any atom is 0.311 e. The summed E-state index contributed by atoms with van der Waals surface area (Å²) < 4.78 is 21.1. The van der Waals surface area contributed by atoms with Gasteiger partial charge in [0.05, 0.1) is 33.4 Å². The van der Waals surface area contributed by atoms with Crippen LogP contribution in [0, 0.1) is 10.1 Å². The van der Waals surface area contributed by atoms with E-state index >= 15 is 0 Å². The summed E-state index contributed by atoms with van der Waals surface area (Å²) in [6.45, 7) is 0. The Morgan fingerprint density at radius 2 is 1.50 bits per heavy atom. The van der Waals surface area contributed by atoms with Gasteiger partial charge in [0.15, 0.2) is 23.0 Å². The number of ketones is 1. The number of nitrogens with one attached hydrogen (secondary N) is 1. The number of allylic oxidation sites excluding steroid dienone is 1. The van der Waals surface area contributed by atoms with Crippen LogP contribution in [-0.4, -0.2) is 39.1 Å². The molecule has 1 N–H and O–H groups in total. The van der Waals surface area contributed by atoms with Crippen molar-refractivity contribution < 1.29 is 28.7 Å². The lowest BCUT2D eigenvalue weighted by atomic mass is 10.1. The van der Waals surface area contributed by atoms with Crippen LogP contribution in [-0.2, 0) is 0 Å². The molecule has 0 fully saturated rings. The van der Waals surface area contributed by atoms with E-state index in [2.05, 4.69) is 5.32 Å². The minimum atomic E-state index is -0.589. The van der Waals surface area contributed by atoms with Gasteiger partial charge in [-0.25, -0.2) is 0 Å². The molecule has 0 saturated heterocycles. The number of nitro groups is 1. The first-order valence-electron chi connectivity index (χ1n) is 10.8. The minimum Gasteiger partial charge on any atom is -0.493 e. The number of hydrogen-bond donors (Lipinski definition) is 1. The molecule has 0 amide bonds. The van der Waals surface area contributed by atoms with Crippen molar-refractivity contribution >= 4 is 29.3 Å². The summed E-state index contributed by atoms with van der Waals surface area (Å²) in [5.74, 6) is 1.35. The van der Waals surface area contributed by atoms with Gasteiger partial charge >= 0.3 is 5.69 Å². The zero-order chi connectivity index (χ0) is 26.1. The van der Waals surface area contributed by atoms with Gasteiger partial charge in [0.2, 0.25) is 5.75 Å². The number of hydrogen-bond acceptors (Lipinski definition) is 8. The van der Waals surface area contributed by atoms with Crippen LogP contribution in [0.2, 0.25) is 0 Å². The summed E-state index contributed by atoms with van der Waals surface area (Å²) in [5.41, 5.74) is 2.45. The summed E-state index contributed by atoms with van der Waals surface area (Å²) in [7, 11) is 6.01. The summed E-state index contributed by atoms with van der Waals surface area (Å²) >= 11 is 0. The van der Waals surface area contributed by atoms with E-state index in [1.165, 1.54) is 37.6 Å². The van der Waals surface area contributed by atoms with E-state index in [9.17, 15) is 14.9 Å². The lowest BCUT2D eigenvalue weighted by Gasteiger charge is -2.12. The third-order valence-electron chi connectivity index (χ3n) is 5.19. The molecule has 3 rings (SSSR count). The van der Waals surface area contributed by atoms with Crippen LogP contribution in [0.4, 0.5) is 11.4 Å². The van der Waals surface area contributed by atoms with Crippen LogP contribution in [0.15, 0.2) is 66.9 Å². The largest absolute Gasteiger partial charge is 0.493 e. The van der Waals surface area contributed by atoms with Gasteiger partial charge in [0.1, 0.15) is 0 Å². The summed E-state index contributed by atoms with van der Waals surface area (Å²) in [6.07, 6.45) is 6.64. The van der Waals surface area contributed by atoms with E-state index in [1.807, 2.05) is 48.6 Å². The highest BCUT2D eigenvalue weighted by atomic mass is 16.6. The van der Waals surface area contributed by atoms with Crippen molar-refractivity contribution in [3.8, 4) is 23.0 Å². The fourth-order valence-electron chi connectivity index (χ4n) is 3.42. The predicted octanol–water partition coefficient (Wildman–Crippen LogP) is 5.61. The molecule has 0 heterocycles. The molecule has 3 aromatic rings. The number of methoxy groups -OCH3 is 4. The molecule has 0 bridgehead atoms. The van der Waals surface area contributed by atoms with Crippen molar-refractivity contribution in [2.24, 2.45) is 0 Å². The molecule has 0 aliphatic rings. The van der Waals surface area contributed by atoms with Gasteiger partial charge in [0, 0.05) is 29.6 Å². The van der Waals surface area contributed by atoms with Gasteiger partial charge in [0.25, 0.3) is 0 Å². The highest BCUT2D eigenvalue weighted by Gasteiger charge is 2.17. The van der Waals surface area contributed by atoms with E-state index in [4.69, 9.17) is 18.9 Å². The van der Waals surface area contributed by atoms with Crippen LogP contribution < -0.4 is 24.3 Å². The Balaban J connectivity index is 1.72. The second-order valence-electron chi connectivity index (χ2n) is 7.40. The Hall–Kier alpha value is -4.79. The van der Waals surface area contributed by atoms with Crippen molar-refractivity contribution in [3.05, 3.63) is 93.7 Å². The van der Waals surface area contributed by atoms with Crippen LogP contribution in [0.3, 0.4) is 0 Å². The number of rotatable bonds is 11. The molecule has 9 nitrogen and oxygen atoms in total. The first-order valence-corrected chi connectivity index (χ1v) is 10.8. The van der Waals surface area contributed by atoms with Crippen molar-refractivity contribution in [1.29, 1.82) is 0 Å². The van der Waals surface area contributed by atoms with Gasteiger partial charge in [-0.3, -0.25) is 14.9 Å². The van der Waals surface area contributed by atoms with E-state index in [-0.39, 0.29) is 22.8 Å². The molecule has 0 aliphatic heterocycles. The molecule has 0 saturated carbocycles. The van der Waals surface area contributed by atoms with E-state index in [1.54, 1.807) is 21.3 Å². The van der Waals surface area contributed by atoms with Gasteiger partial charge < -0.3 is 24.3 Å². The molecule has 9 heteroatoms. The maximum absolute atomic E-state index is 12.5. The average Bonchev–Trinajstić information content (AvgIpc) is 2.90. The third-order valence-corrected chi connectivity index (χ3v) is 5.19. The zero-order valence-electron chi connectivity index (χ0n) is 20.3. The van der Waals surface area contributed by atoms with Gasteiger partial charge in [-0.2, -0.15) is 0 Å². The van der Waals surface area contributed by atoms with E-state index in [0.717, 1.165) is 16.8 Å². The lowest BCUT2D eigenvalue weighted by molar-refractivity contribution is -0.385. The Kier molecular flexibility index (Phi) is 8.66. The number of nitro benzene ring substituents is 1. The zero-order valence-corrected chi connectivity index (χ0v) is 20.3. The fraction of sp³-hybridized carbons (Fsp3) is 0.148. The smallest absolute Gasteiger partial charge is 0.311 e. The number of anilines is 1. The minimum absolute atomic E-state index is 0.0926. The monoisotopic (exact) mass is 490 g/mol. The normalized spacial score (nSPS) is 10.9. The van der Waals surface area contributed by atoms with Gasteiger partial charge in [-0.05, 0) is 47.5 Å². The molecular formula is C27H26N2O7. The van der Waals surface area contributed by atoms with E-state index in [0.29, 0.717) is 17.2 Å². The molecule has 0 atom stereocenters. The molecule has 3 aromatic carbocycles. The van der Waals surface area contributed by atoms with Crippen LogP contribution in [0.5, 0.6) is 23.0 Å². The third kappa shape index (κ3) is 6.20. The van der Waals surface area contributed by atoms with Crippen molar-refractivity contribution in [3.63, 3.8) is 0 Å². The average molecular weight is 491 g/mol. The quantitative estimate of drug-likeness (QED) is 0.121. The summed E-state index contributed by atoms with van der Waals surface area (Å²) in [6, 6.07) is 15.3. The Morgan fingerprint density at radius 3 is 2.11 bits per heavy atom. The number of ether oxygens (including phenoxy) is 4. The molecule has 36 heavy (non-hydrogen) atoms. The topological polar surface area (TPSA) is 109 Å². The molecule has 0 radical (unpaired) electrons. The lowest BCUT2D eigenvalue weighted by Crippen LogP contribution is -2.00. The standard InChI is InChI=1S/C27H26N2O7/c1-33-24-11-10-20(17-22(24)29(31)32)23(30)12-13-28-21-7-5-6-18(14-21)8-9-19-15-25(34-2)27(36-4)26(16-19)35-3/h5-17,28H,1-4H3/b9-8+,13-12-.